The van der Waals surface area contributed by atoms with Crippen LogP contribution in [0.5, 0.6) is 0 Å². The zero-order valence-corrected chi connectivity index (χ0v) is 13.8. The molecular formula is C16H22ClN5. The first-order chi connectivity index (χ1) is 10.7. The van der Waals surface area contributed by atoms with E-state index in [9.17, 15) is 0 Å². The molecule has 0 aliphatic rings. The molecule has 6 heteroatoms. The molecule has 0 saturated carbocycles. The Bertz CT molecular complexity index is 603. The van der Waals surface area contributed by atoms with Gasteiger partial charge >= 0.3 is 0 Å². The van der Waals surface area contributed by atoms with Gasteiger partial charge in [0.2, 0.25) is 0 Å². The van der Waals surface area contributed by atoms with Crippen molar-refractivity contribution in [2.75, 3.05) is 13.1 Å². The lowest BCUT2D eigenvalue weighted by Gasteiger charge is -2.11. The number of nitrogens with zero attached hydrogens (tertiary/aromatic N) is 3. The van der Waals surface area contributed by atoms with Crippen LogP contribution in [0.2, 0.25) is 5.02 Å². The van der Waals surface area contributed by atoms with Crippen molar-refractivity contribution in [3.63, 3.8) is 0 Å². The van der Waals surface area contributed by atoms with Crippen LogP contribution >= 0.6 is 11.6 Å². The van der Waals surface area contributed by atoms with Gasteiger partial charge in [-0.3, -0.25) is 4.68 Å². The summed E-state index contributed by atoms with van der Waals surface area (Å²) in [6.07, 6.45) is 3.89. The molecule has 2 aromatic rings. The molecule has 118 valence electrons. The van der Waals surface area contributed by atoms with Crippen molar-refractivity contribution in [1.29, 1.82) is 0 Å². The molecule has 1 aromatic carbocycles. The van der Waals surface area contributed by atoms with Crippen molar-refractivity contribution in [3.8, 4) is 0 Å². The van der Waals surface area contributed by atoms with E-state index in [-0.39, 0.29) is 0 Å². The highest BCUT2D eigenvalue weighted by atomic mass is 35.5. The third kappa shape index (κ3) is 5.41. The van der Waals surface area contributed by atoms with Crippen molar-refractivity contribution in [2.24, 2.45) is 4.99 Å². The Morgan fingerprint density at radius 2 is 2.05 bits per heavy atom. The van der Waals surface area contributed by atoms with Crippen LogP contribution in [-0.2, 0) is 13.1 Å². The monoisotopic (exact) mass is 319 g/mol. The summed E-state index contributed by atoms with van der Waals surface area (Å²) in [5, 5.41) is 11.6. The van der Waals surface area contributed by atoms with Crippen molar-refractivity contribution in [1.82, 2.24) is 20.4 Å². The van der Waals surface area contributed by atoms with E-state index in [0.29, 0.717) is 6.54 Å². The van der Waals surface area contributed by atoms with Crippen molar-refractivity contribution >= 4 is 17.6 Å². The van der Waals surface area contributed by atoms with Gasteiger partial charge in [0.25, 0.3) is 0 Å². The Labute approximate surface area is 136 Å². The van der Waals surface area contributed by atoms with Crippen LogP contribution in [0.3, 0.4) is 0 Å². The third-order valence-corrected chi connectivity index (χ3v) is 3.32. The number of hydrogen-bond acceptors (Lipinski definition) is 2. The molecule has 0 unspecified atom stereocenters. The first-order valence-electron chi connectivity index (χ1n) is 7.43. The summed E-state index contributed by atoms with van der Waals surface area (Å²) in [7, 11) is 0. The summed E-state index contributed by atoms with van der Waals surface area (Å²) in [5.74, 6) is 0.807. The van der Waals surface area contributed by atoms with Crippen LogP contribution in [0.25, 0.3) is 0 Å². The molecule has 2 rings (SSSR count). The first kappa shape index (κ1) is 16.4. The second-order valence-corrected chi connectivity index (χ2v) is 5.47. The minimum Gasteiger partial charge on any atom is -0.357 e. The molecule has 0 bridgehead atoms. The van der Waals surface area contributed by atoms with E-state index in [2.05, 4.69) is 27.6 Å². The van der Waals surface area contributed by atoms with Gasteiger partial charge in [-0.25, -0.2) is 4.99 Å². The van der Waals surface area contributed by atoms with Gasteiger partial charge in [0.05, 0.1) is 19.3 Å². The van der Waals surface area contributed by atoms with Crippen LogP contribution in [-0.4, -0.2) is 28.8 Å². The zero-order valence-electron chi connectivity index (χ0n) is 13.0. The highest BCUT2D eigenvalue weighted by Crippen LogP contribution is 2.10. The molecule has 0 atom stereocenters. The number of hydrogen-bond donors (Lipinski definition) is 2. The predicted octanol–water partition coefficient (Wildman–Crippen LogP) is 2.60. The molecule has 0 amide bonds. The number of aryl methyl sites for hydroxylation is 1. The largest absolute Gasteiger partial charge is 0.357 e. The molecule has 0 aliphatic carbocycles. The van der Waals surface area contributed by atoms with Crippen LogP contribution in [0.4, 0.5) is 0 Å². The second kappa shape index (κ2) is 8.44. The summed E-state index contributed by atoms with van der Waals surface area (Å²) in [6.45, 7) is 7.11. The molecule has 0 saturated heterocycles. The van der Waals surface area contributed by atoms with Crippen LogP contribution in [0, 0.1) is 6.92 Å². The maximum Gasteiger partial charge on any atom is 0.191 e. The van der Waals surface area contributed by atoms with Gasteiger partial charge in [-0.2, -0.15) is 5.10 Å². The highest BCUT2D eigenvalue weighted by molar-refractivity contribution is 6.30. The van der Waals surface area contributed by atoms with Gasteiger partial charge < -0.3 is 10.6 Å². The van der Waals surface area contributed by atoms with E-state index < -0.39 is 0 Å². The smallest absolute Gasteiger partial charge is 0.191 e. The fourth-order valence-corrected chi connectivity index (χ4v) is 2.11. The van der Waals surface area contributed by atoms with E-state index >= 15 is 0 Å². The fraction of sp³-hybridized carbons (Fsp3) is 0.375. The van der Waals surface area contributed by atoms with Gasteiger partial charge in [-0.15, -0.1) is 0 Å². The van der Waals surface area contributed by atoms with E-state index in [1.807, 2.05) is 48.3 Å². The first-order valence-corrected chi connectivity index (χ1v) is 7.81. The average Bonchev–Trinajstić information content (AvgIpc) is 2.92. The number of guanidine groups is 1. The summed E-state index contributed by atoms with van der Waals surface area (Å²) < 4.78 is 1.92. The number of aromatic nitrogens is 2. The lowest BCUT2D eigenvalue weighted by Crippen LogP contribution is -2.38. The molecule has 1 aromatic heterocycles. The number of benzene rings is 1. The number of rotatable bonds is 6. The third-order valence-electron chi connectivity index (χ3n) is 3.07. The van der Waals surface area contributed by atoms with E-state index in [0.717, 1.165) is 36.2 Å². The number of aliphatic imine (C=N–C) groups is 1. The van der Waals surface area contributed by atoms with Gasteiger partial charge in [-0.1, -0.05) is 23.7 Å². The van der Waals surface area contributed by atoms with E-state index in [4.69, 9.17) is 11.6 Å². The molecule has 0 fully saturated rings. The molecular weight excluding hydrogens is 298 g/mol. The molecule has 0 aliphatic heterocycles. The molecule has 0 spiro atoms. The quantitative estimate of drug-likeness (QED) is 0.635. The normalized spacial score (nSPS) is 11.5. The Kier molecular flexibility index (Phi) is 6.27. The van der Waals surface area contributed by atoms with Crippen molar-refractivity contribution in [3.05, 3.63) is 52.8 Å². The molecule has 1 heterocycles. The predicted molar refractivity (Wildman–Crippen MR) is 91.2 cm³/mol. The zero-order chi connectivity index (χ0) is 15.8. The summed E-state index contributed by atoms with van der Waals surface area (Å²) >= 11 is 5.88. The van der Waals surface area contributed by atoms with Crippen LogP contribution in [0.15, 0.2) is 41.7 Å². The van der Waals surface area contributed by atoms with Gasteiger partial charge in [-0.05, 0) is 37.1 Å². The topological polar surface area (TPSA) is 54.2 Å². The Morgan fingerprint density at radius 3 is 2.68 bits per heavy atom. The van der Waals surface area contributed by atoms with Gasteiger partial charge in [0.15, 0.2) is 5.96 Å². The van der Waals surface area contributed by atoms with Crippen molar-refractivity contribution in [2.45, 2.75) is 26.9 Å². The number of nitrogens with one attached hydrogen (secondary N) is 2. The Hall–Kier alpha value is -2.01. The lowest BCUT2D eigenvalue weighted by atomic mass is 10.2. The summed E-state index contributed by atoms with van der Waals surface area (Å²) in [4.78, 5) is 4.57. The Balaban J connectivity index is 1.85. The molecule has 5 nitrogen and oxygen atoms in total. The fourth-order valence-electron chi connectivity index (χ4n) is 1.98. The average molecular weight is 320 g/mol. The number of halogens is 1. The van der Waals surface area contributed by atoms with Crippen molar-refractivity contribution < 1.29 is 0 Å². The van der Waals surface area contributed by atoms with E-state index in [1.54, 1.807) is 0 Å². The Morgan fingerprint density at radius 1 is 1.27 bits per heavy atom. The second-order valence-electron chi connectivity index (χ2n) is 5.03. The minimum atomic E-state index is 0.618. The standard InChI is InChI=1S/C16H22ClN5/c1-3-18-16(19-8-9-22-12-13(2)10-21-22)20-11-14-4-6-15(17)7-5-14/h4-7,10,12H,3,8-9,11H2,1-2H3,(H2,18,19,20). The van der Waals surface area contributed by atoms with E-state index in [1.165, 1.54) is 5.56 Å². The maximum atomic E-state index is 5.88. The van der Waals surface area contributed by atoms with Gasteiger partial charge in [0.1, 0.15) is 0 Å². The van der Waals surface area contributed by atoms with Crippen LogP contribution in [0.1, 0.15) is 18.1 Å². The maximum absolute atomic E-state index is 5.88. The van der Waals surface area contributed by atoms with Crippen LogP contribution < -0.4 is 10.6 Å². The van der Waals surface area contributed by atoms with Gasteiger partial charge in [0, 0.05) is 24.3 Å². The highest BCUT2D eigenvalue weighted by Gasteiger charge is 1.99. The molecule has 0 radical (unpaired) electrons. The minimum absolute atomic E-state index is 0.618. The lowest BCUT2D eigenvalue weighted by molar-refractivity contribution is 0.597. The summed E-state index contributed by atoms with van der Waals surface area (Å²) in [5.41, 5.74) is 2.30. The summed E-state index contributed by atoms with van der Waals surface area (Å²) in [6, 6.07) is 7.74. The molecule has 2 N–H and O–H groups in total. The SMILES string of the molecule is CCNC(=NCc1ccc(Cl)cc1)NCCn1cc(C)cn1. The molecule has 22 heavy (non-hydrogen) atoms.